The summed E-state index contributed by atoms with van der Waals surface area (Å²) in [7, 11) is 0. The fourth-order valence-electron chi connectivity index (χ4n) is 1.13. The molecule has 0 atom stereocenters. The lowest BCUT2D eigenvalue weighted by Gasteiger charge is -1.92. The molecule has 1 aromatic heterocycles. The van der Waals surface area contributed by atoms with Crippen LogP contribution in [-0.2, 0) is 6.42 Å². The molecule has 7 heteroatoms. The molecule has 0 aliphatic rings. The number of hydrogen-bond donors (Lipinski definition) is 2. The summed E-state index contributed by atoms with van der Waals surface area (Å²) < 4.78 is 0. The summed E-state index contributed by atoms with van der Waals surface area (Å²) >= 11 is 0. The molecule has 1 heterocycles. The van der Waals surface area contributed by atoms with Gasteiger partial charge in [-0.2, -0.15) is 5.10 Å². The number of nitrogens with zero attached hydrogens (tertiary/aromatic N) is 2. The van der Waals surface area contributed by atoms with Crippen LogP contribution in [0.5, 0.6) is 0 Å². The Kier molecular flexibility index (Phi) is 2.80. The van der Waals surface area contributed by atoms with Gasteiger partial charge in [0.25, 0.3) is 0 Å². The van der Waals surface area contributed by atoms with E-state index < -0.39 is 22.3 Å². The molecule has 0 saturated heterocycles. The maximum atomic E-state index is 10.6. The molecule has 0 aliphatic heterocycles. The topological polar surface area (TPSA) is 109 Å². The molecule has 1 aromatic rings. The lowest BCUT2D eigenvalue weighted by Crippen LogP contribution is -2.02. The Labute approximate surface area is 78.9 Å². The third kappa shape index (κ3) is 1.70. The van der Waals surface area contributed by atoms with Gasteiger partial charge in [-0.3, -0.25) is 15.2 Å². The first-order valence-electron chi connectivity index (χ1n) is 4.02. The van der Waals surface area contributed by atoms with Crippen LogP contribution in [0.2, 0.25) is 0 Å². The first kappa shape index (κ1) is 10.2. The molecule has 0 fully saturated rings. The van der Waals surface area contributed by atoms with Crippen molar-refractivity contribution in [1.29, 1.82) is 0 Å². The van der Waals surface area contributed by atoms with Crippen molar-refractivity contribution in [3.05, 3.63) is 21.5 Å². The maximum absolute atomic E-state index is 10.6. The van der Waals surface area contributed by atoms with Gasteiger partial charge in [0.1, 0.15) is 5.69 Å². The highest BCUT2D eigenvalue weighted by atomic mass is 16.6. The third-order valence-corrected chi connectivity index (χ3v) is 1.70. The molecule has 0 aliphatic carbocycles. The van der Waals surface area contributed by atoms with Gasteiger partial charge >= 0.3 is 11.7 Å². The molecule has 0 amide bonds. The molecule has 0 spiro atoms. The van der Waals surface area contributed by atoms with Crippen LogP contribution >= 0.6 is 0 Å². The Morgan fingerprint density at radius 3 is 2.79 bits per heavy atom. The van der Waals surface area contributed by atoms with Crippen LogP contribution in [0.1, 0.15) is 29.5 Å². The van der Waals surface area contributed by atoms with Gasteiger partial charge in [0.15, 0.2) is 0 Å². The van der Waals surface area contributed by atoms with Crippen molar-refractivity contribution in [2.45, 2.75) is 19.8 Å². The van der Waals surface area contributed by atoms with Gasteiger partial charge in [0.2, 0.25) is 5.69 Å². The molecule has 0 unspecified atom stereocenters. The number of carboxylic acid groups (broad SMARTS) is 1. The third-order valence-electron chi connectivity index (χ3n) is 1.70. The standard InChI is InChI=1S/C7H9N3O4/c1-2-3-4-6(10(13)14)5(7(11)12)9-8-4/h2-3H2,1H3,(H,8,9)(H,11,12). The number of hydrogen-bond acceptors (Lipinski definition) is 4. The van der Waals surface area contributed by atoms with Crippen LogP contribution in [0.3, 0.4) is 0 Å². The smallest absolute Gasteiger partial charge is 0.361 e. The molecular weight excluding hydrogens is 190 g/mol. The van der Waals surface area contributed by atoms with Crippen molar-refractivity contribution in [2.75, 3.05) is 0 Å². The fraction of sp³-hybridized carbons (Fsp3) is 0.429. The van der Waals surface area contributed by atoms with E-state index in [4.69, 9.17) is 5.11 Å². The number of aromatic carboxylic acids is 1. The summed E-state index contributed by atoms with van der Waals surface area (Å²) in [6.07, 6.45) is 1.06. The molecular formula is C7H9N3O4. The molecule has 7 nitrogen and oxygen atoms in total. The number of carbonyl (C=O) groups is 1. The van der Waals surface area contributed by atoms with Crippen molar-refractivity contribution >= 4 is 11.7 Å². The van der Waals surface area contributed by atoms with Crippen molar-refractivity contribution < 1.29 is 14.8 Å². The van der Waals surface area contributed by atoms with Gasteiger partial charge in [-0.15, -0.1) is 0 Å². The predicted molar refractivity (Wildman–Crippen MR) is 46.2 cm³/mol. The van der Waals surface area contributed by atoms with Crippen LogP contribution < -0.4 is 0 Å². The maximum Gasteiger partial charge on any atom is 0.361 e. The van der Waals surface area contributed by atoms with E-state index in [-0.39, 0.29) is 5.69 Å². The van der Waals surface area contributed by atoms with Crippen molar-refractivity contribution in [1.82, 2.24) is 10.2 Å². The zero-order chi connectivity index (χ0) is 10.7. The molecule has 0 saturated carbocycles. The lowest BCUT2D eigenvalue weighted by atomic mass is 10.2. The number of aromatic amines is 1. The van der Waals surface area contributed by atoms with Crippen LogP contribution in [-0.4, -0.2) is 26.2 Å². The second kappa shape index (κ2) is 3.86. The average molecular weight is 199 g/mol. The van der Waals surface area contributed by atoms with E-state index in [1.165, 1.54) is 0 Å². The van der Waals surface area contributed by atoms with Crippen LogP contribution in [0.15, 0.2) is 0 Å². The average Bonchev–Trinajstić information content (AvgIpc) is 2.48. The second-order valence-electron chi connectivity index (χ2n) is 2.71. The summed E-state index contributed by atoms with van der Waals surface area (Å²) in [6.45, 7) is 1.83. The monoisotopic (exact) mass is 199 g/mol. The summed E-state index contributed by atoms with van der Waals surface area (Å²) in [5, 5.41) is 24.9. The van der Waals surface area contributed by atoms with E-state index in [1.807, 2.05) is 6.92 Å². The number of aromatic nitrogens is 2. The SMILES string of the molecule is CCCc1n[nH]c(C(=O)O)c1[N+](=O)[O-]. The summed E-state index contributed by atoms with van der Waals surface area (Å²) in [4.78, 5) is 20.4. The Morgan fingerprint density at radius 2 is 2.36 bits per heavy atom. The quantitative estimate of drug-likeness (QED) is 0.554. The molecule has 76 valence electrons. The number of carboxylic acids is 1. The van der Waals surface area contributed by atoms with E-state index in [9.17, 15) is 14.9 Å². The Hall–Kier alpha value is -1.92. The van der Waals surface area contributed by atoms with Crippen molar-refractivity contribution in [3.8, 4) is 0 Å². The van der Waals surface area contributed by atoms with Gasteiger partial charge in [-0.1, -0.05) is 13.3 Å². The number of nitro groups is 1. The second-order valence-corrected chi connectivity index (χ2v) is 2.71. The summed E-state index contributed by atoms with van der Waals surface area (Å²) in [5.74, 6) is -1.37. The molecule has 0 radical (unpaired) electrons. The van der Waals surface area contributed by atoms with Crippen LogP contribution in [0.4, 0.5) is 5.69 Å². The molecule has 2 N–H and O–H groups in total. The highest BCUT2D eigenvalue weighted by Gasteiger charge is 2.27. The van der Waals surface area contributed by atoms with Gasteiger partial charge in [-0.25, -0.2) is 4.79 Å². The summed E-state index contributed by atoms with van der Waals surface area (Å²) in [6, 6.07) is 0. The highest BCUT2D eigenvalue weighted by molar-refractivity contribution is 5.90. The lowest BCUT2D eigenvalue weighted by molar-refractivity contribution is -0.385. The van der Waals surface area contributed by atoms with Crippen molar-refractivity contribution in [3.63, 3.8) is 0 Å². The largest absolute Gasteiger partial charge is 0.476 e. The zero-order valence-electron chi connectivity index (χ0n) is 7.48. The highest BCUT2D eigenvalue weighted by Crippen LogP contribution is 2.21. The van der Waals surface area contributed by atoms with Crippen molar-refractivity contribution in [2.24, 2.45) is 0 Å². The fourth-order valence-corrected chi connectivity index (χ4v) is 1.13. The minimum atomic E-state index is -1.37. The summed E-state index contributed by atoms with van der Waals surface area (Å²) in [5.41, 5.74) is -0.701. The number of aryl methyl sites for hydroxylation is 1. The molecule has 0 aromatic carbocycles. The predicted octanol–water partition coefficient (Wildman–Crippen LogP) is 0.969. The Morgan fingerprint density at radius 1 is 1.71 bits per heavy atom. The van der Waals surface area contributed by atoms with Gasteiger partial charge in [-0.05, 0) is 6.42 Å². The van der Waals surface area contributed by atoms with E-state index in [0.29, 0.717) is 12.8 Å². The number of H-pyrrole nitrogens is 1. The number of rotatable bonds is 4. The van der Waals surface area contributed by atoms with E-state index in [1.54, 1.807) is 0 Å². The Balaban J connectivity index is 3.20. The first-order valence-corrected chi connectivity index (χ1v) is 4.02. The normalized spacial score (nSPS) is 10.1. The Bertz CT molecular complexity index is 371. The van der Waals surface area contributed by atoms with Crippen LogP contribution in [0, 0.1) is 10.1 Å². The first-order chi connectivity index (χ1) is 6.57. The van der Waals surface area contributed by atoms with Gasteiger partial charge in [0, 0.05) is 0 Å². The number of nitrogens with one attached hydrogen (secondary N) is 1. The molecule has 1 rings (SSSR count). The van der Waals surface area contributed by atoms with E-state index in [2.05, 4.69) is 10.2 Å². The molecule has 0 bridgehead atoms. The minimum Gasteiger partial charge on any atom is -0.476 e. The minimum absolute atomic E-state index is 0.190. The van der Waals surface area contributed by atoms with Gasteiger partial charge < -0.3 is 5.11 Å². The zero-order valence-corrected chi connectivity index (χ0v) is 7.48. The molecule has 14 heavy (non-hydrogen) atoms. The van der Waals surface area contributed by atoms with E-state index >= 15 is 0 Å². The van der Waals surface area contributed by atoms with E-state index in [0.717, 1.165) is 0 Å². The van der Waals surface area contributed by atoms with Crippen LogP contribution in [0.25, 0.3) is 0 Å². The van der Waals surface area contributed by atoms with Gasteiger partial charge in [0.05, 0.1) is 4.92 Å².